The molecule has 0 saturated carbocycles. The minimum absolute atomic E-state index is 0.316. The molecule has 0 saturated heterocycles. The van der Waals surface area contributed by atoms with Crippen LogP contribution in [-0.2, 0) is 0 Å². The Balaban J connectivity index is 2.29. The van der Waals surface area contributed by atoms with Gasteiger partial charge in [0.25, 0.3) is 0 Å². The zero-order valence-corrected chi connectivity index (χ0v) is 15.5. The van der Waals surface area contributed by atoms with Gasteiger partial charge in [-0.05, 0) is 12.1 Å². The monoisotopic (exact) mass is 450 g/mol. The van der Waals surface area contributed by atoms with Crippen LogP contribution in [0, 0.1) is 11.3 Å². The fraction of sp³-hybridized carbons (Fsp3) is 0.0625. The molecule has 0 amide bonds. The van der Waals surface area contributed by atoms with E-state index in [1.54, 1.807) is 12.1 Å². The van der Waals surface area contributed by atoms with Crippen LogP contribution in [0.4, 0.5) is 5.69 Å². The Labute approximate surface area is 154 Å². The second-order valence-electron chi connectivity index (χ2n) is 4.88. The summed E-state index contributed by atoms with van der Waals surface area (Å²) in [6, 6.07) is 13.3. The maximum absolute atomic E-state index is 9.76. The molecule has 7 heteroatoms. The molecule has 1 unspecified atom stereocenters. The quantitative estimate of drug-likeness (QED) is 0.553. The van der Waals surface area contributed by atoms with Crippen molar-refractivity contribution in [1.82, 2.24) is 10.2 Å². The lowest BCUT2D eigenvalue weighted by Gasteiger charge is -2.15. The van der Waals surface area contributed by atoms with Crippen molar-refractivity contribution in [2.75, 3.05) is 5.73 Å². The first kappa shape index (κ1) is 16.2. The predicted molar refractivity (Wildman–Crippen MR) is 98.3 cm³/mol. The molecule has 0 radical (unpaired) electrons. The summed E-state index contributed by atoms with van der Waals surface area (Å²) in [5.41, 5.74) is 7.73. The molecule has 4 nitrogen and oxygen atoms in total. The second kappa shape index (κ2) is 6.44. The molecule has 23 heavy (non-hydrogen) atoms. The van der Waals surface area contributed by atoms with Gasteiger partial charge in [-0.25, -0.2) is 0 Å². The van der Waals surface area contributed by atoms with E-state index in [1.165, 1.54) is 0 Å². The standard InChI is InChI=1S/C16H9Br2ClN4/c17-12-5-8(21)6-13(18)14(12)11(7-20)15-9-3-1-2-4-10(9)16(19)23-22-15/h1-6,11H,21H2. The van der Waals surface area contributed by atoms with E-state index in [9.17, 15) is 5.26 Å². The van der Waals surface area contributed by atoms with Gasteiger partial charge in [0.1, 0.15) is 5.92 Å². The minimum atomic E-state index is -0.617. The fourth-order valence-electron chi connectivity index (χ4n) is 2.45. The molecule has 0 spiro atoms. The molecule has 0 aliphatic heterocycles. The normalized spacial score (nSPS) is 12.1. The van der Waals surface area contributed by atoms with E-state index in [1.807, 2.05) is 24.3 Å². The van der Waals surface area contributed by atoms with Gasteiger partial charge < -0.3 is 5.73 Å². The zero-order valence-electron chi connectivity index (χ0n) is 11.6. The van der Waals surface area contributed by atoms with Gasteiger partial charge in [-0.1, -0.05) is 67.7 Å². The van der Waals surface area contributed by atoms with Gasteiger partial charge in [0.15, 0.2) is 5.15 Å². The fourth-order valence-corrected chi connectivity index (χ4v) is 4.33. The average Bonchev–Trinajstić information content (AvgIpc) is 2.52. The molecule has 1 aromatic heterocycles. The highest BCUT2D eigenvalue weighted by Crippen LogP contribution is 2.39. The summed E-state index contributed by atoms with van der Waals surface area (Å²) in [5.74, 6) is -0.617. The number of nitrogens with zero attached hydrogens (tertiary/aromatic N) is 3. The van der Waals surface area contributed by atoms with Crippen LogP contribution >= 0.6 is 43.5 Å². The molecule has 0 aliphatic rings. The lowest BCUT2D eigenvalue weighted by Crippen LogP contribution is -2.06. The largest absolute Gasteiger partial charge is 0.399 e. The third kappa shape index (κ3) is 2.92. The molecule has 0 fully saturated rings. The van der Waals surface area contributed by atoms with Crippen molar-refractivity contribution in [1.29, 1.82) is 5.26 Å². The van der Waals surface area contributed by atoms with Gasteiger partial charge >= 0.3 is 0 Å². The number of benzene rings is 2. The van der Waals surface area contributed by atoms with Gasteiger partial charge in [0.05, 0.1) is 11.8 Å². The lowest BCUT2D eigenvalue weighted by molar-refractivity contribution is 0.897. The second-order valence-corrected chi connectivity index (χ2v) is 6.95. The molecule has 0 bridgehead atoms. The van der Waals surface area contributed by atoms with Crippen molar-refractivity contribution in [3.63, 3.8) is 0 Å². The average molecular weight is 453 g/mol. The van der Waals surface area contributed by atoms with Gasteiger partial charge in [-0.2, -0.15) is 10.4 Å². The van der Waals surface area contributed by atoms with E-state index in [0.717, 1.165) is 25.3 Å². The first-order valence-electron chi connectivity index (χ1n) is 6.57. The Hall–Kier alpha value is -1.68. The van der Waals surface area contributed by atoms with E-state index in [4.69, 9.17) is 17.3 Å². The molecule has 0 aliphatic carbocycles. The van der Waals surface area contributed by atoms with Crippen molar-refractivity contribution in [2.45, 2.75) is 5.92 Å². The molecule has 114 valence electrons. The van der Waals surface area contributed by atoms with Crippen LogP contribution < -0.4 is 5.73 Å². The number of fused-ring (bicyclic) bond motifs is 1. The molecular formula is C16H9Br2ClN4. The maximum Gasteiger partial charge on any atom is 0.159 e. The number of nitriles is 1. The Morgan fingerprint density at radius 3 is 2.30 bits per heavy atom. The minimum Gasteiger partial charge on any atom is -0.399 e. The SMILES string of the molecule is N#CC(c1c(Br)cc(N)cc1Br)c1nnc(Cl)c2ccccc12. The molecule has 3 rings (SSSR count). The van der Waals surface area contributed by atoms with Crippen LogP contribution in [0.1, 0.15) is 17.2 Å². The van der Waals surface area contributed by atoms with E-state index in [0.29, 0.717) is 16.5 Å². The predicted octanol–water partition coefficient (Wildman–Crippen LogP) is 5.05. The number of hydrogen-bond donors (Lipinski definition) is 1. The van der Waals surface area contributed by atoms with E-state index >= 15 is 0 Å². The highest BCUT2D eigenvalue weighted by atomic mass is 79.9. The highest BCUT2D eigenvalue weighted by Gasteiger charge is 2.24. The number of anilines is 1. The number of nitrogen functional groups attached to an aromatic ring is 1. The van der Waals surface area contributed by atoms with Crippen LogP contribution in [0.15, 0.2) is 45.3 Å². The van der Waals surface area contributed by atoms with Crippen molar-refractivity contribution < 1.29 is 0 Å². The molecule has 2 aromatic carbocycles. The molecule has 2 N–H and O–H groups in total. The molecule has 1 atom stereocenters. The van der Waals surface area contributed by atoms with Crippen LogP contribution in [0.3, 0.4) is 0 Å². The highest BCUT2D eigenvalue weighted by molar-refractivity contribution is 9.11. The van der Waals surface area contributed by atoms with Gasteiger partial charge in [0.2, 0.25) is 0 Å². The number of hydrogen-bond acceptors (Lipinski definition) is 4. The molecule has 1 heterocycles. The summed E-state index contributed by atoms with van der Waals surface area (Å²) in [6.45, 7) is 0. The Bertz CT molecular complexity index is 929. The molecule has 3 aromatic rings. The molecular weight excluding hydrogens is 443 g/mol. The van der Waals surface area contributed by atoms with Crippen molar-refractivity contribution in [3.8, 4) is 6.07 Å². The van der Waals surface area contributed by atoms with Gasteiger partial charge in [-0.15, -0.1) is 5.10 Å². The van der Waals surface area contributed by atoms with Crippen LogP contribution in [0.25, 0.3) is 10.8 Å². The first-order chi connectivity index (χ1) is 11.0. The Kier molecular flexibility index (Phi) is 4.53. The summed E-state index contributed by atoms with van der Waals surface area (Å²) in [5, 5.41) is 19.8. The first-order valence-corrected chi connectivity index (χ1v) is 8.54. The lowest BCUT2D eigenvalue weighted by atomic mass is 9.93. The van der Waals surface area contributed by atoms with Gasteiger partial charge in [-0.3, -0.25) is 0 Å². The maximum atomic E-state index is 9.76. The van der Waals surface area contributed by atoms with E-state index in [2.05, 4.69) is 48.1 Å². The van der Waals surface area contributed by atoms with Crippen molar-refractivity contribution in [2.24, 2.45) is 0 Å². The summed E-state index contributed by atoms with van der Waals surface area (Å²) in [4.78, 5) is 0. The Morgan fingerprint density at radius 1 is 1.09 bits per heavy atom. The number of rotatable bonds is 2. The van der Waals surface area contributed by atoms with Crippen molar-refractivity contribution in [3.05, 3.63) is 61.8 Å². The summed E-state index contributed by atoms with van der Waals surface area (Å²) in [7, 11) is 0. The van der Waals surface area contributed by atoms with Crippen LogP contribution in [0.2, 0.25) is 5.15 Å². The van der Waals surface area contributed by atoms with E-state index in [-0.39, 0.29) is 0 Å². The van der Waals surface area contributed by atoms with Crippen molar-refractivity contribution >= 4 is 59.9 Å². The number of nitrogens with two attached hydrogens (primary N) is 1. The summed E-state index contributed by atoms with van der Waals surface area (Å²) < 4.78 is 1.47. The third-order valence-corrected chi connectivity index (χ3v) is 5.05. The Morgan fingerprint density at radius 2 is 1.70 bits per heavy atom. The zero-order chi connectivity index (χ0) is 16.6. The summed E-state index contributed by atoms with van der Waals surface area (Å²) in [6.07, 6.45) is 0. The number of aromatic nitrogens is 2. The smallest absolute Gasteiger partial charge is 0.159 e. The van der Waals surface area contributed by atoms with Gasteiger partial charge in [0, 0.05) is 31.0 Å². The van der Waals surface area contributed by atoms with Crippen LogP contribution in [-0.4, -0.2) is 10.2 Å². The third-order valence-electron chi connectivity index (χ3n) is 3.46. The summed E-state index contributed by atoms with van der Waals surface area (Å²) >= 11 is 13.1. The number of halogens is 3. The van der Waals surface area contributed by atoms with E-state index < -0.39 is 5.92 Å². The van der Waals surface area contributed by atoms with Crippen LogP contribution in [0.5, 0.6) is 0 Å². The topological polar surface area (TPSA) is 75.6 Å².